The average molecular weight is 415 g/mol. The van der Waals surface area contributed by atoms with Gasteiger partial charge in [0.25, 0.3) is 0 Å². The van der Waals surface area contributed by atoms with E-state index >= 15 is 0 Å². The molecule has 0 saturated carbocycles. The summed E-state index contributed by atoms with van der Waals surface area (Å²) in [5, 5.41) is 13.7. The van der Waals surface area contributed by atoms with Gasteiger partial charge in [-0.2, -0.15) is 0 Å². The third kappa shape index (κ3) is 3.67. The van der Waals surface area contributed by atoms with Gasteiger partial charge in [-0.15, -0.1) is 24.0 Å². The van der Waals surface area contributed by atoms with Crippen LogP contribution in [-0.2, 0) is 19.4 Å². The van der Waals surface area contributed by atoms with E-state index in [1.54, 1.807) is 0 Å². The Morgan fingerprint density at radius 2 is 1.91 bits per heavy atom. The maximum absolute atomic E-state index is 10.2. The Kier molecular flexibility index (Phi) is 6.35. The first kappa shape index (κ1) is 17.4. The molecule has 1 aromatic rings. The van der Waals surface area contributed by atoms with Crippen molar-refractivity contribution < 1.29 is 5.11 Å². The van der Waals surface area contributed by atoms with Crippen molar-refractivity contribution in [1.82, 2.24) is 10.2 Å². The van der Waals surface area contributed by atoms with Gasteiger partial charge in [0, 0.05) is 32.2 Å². The molecule has 5 heteroatoms. The van der Waals surface area contributed by atoms with Crippen LogP contribution in [0.25, 0.3) is 0 Å². The molecule has 0 radical (unpaired) electrons. The van der Waals surface area contributed by atoms with Gasteiger partial charge in [0.1, 0.15) is 5.75 Å². The molecule has 3 rings (SSSR count). The van der Waals surface area contributed by atoms with Crippen molar-refractivity contribution >= 4 is 29.9 Å². The first-order valence-corrected chi connectivity index (χ1v) is 8.08. The van der Waals surface area contributed by atoms with Gasteiger partial charge < -0.3 is 15.3 Å². The second-order valence-electron chi connectivity index (χ2n) is 6.00. The minimum Gasteiger partial charge on any atom is -0.508 e. The summed E-state index contributed by atoms with van der Waals surface area (Å²) in [6.07, 6.45) is 7.20. The van der Waals surface area contributed by atoms with Crippen molar-refractivity contribution in [3.05, 3.63) is 28.8 Å². The number of rotatable bonds is 2. The molecule has 1 aliphatic carbocycles. The number of aryl methyl sites for hydroxylation is 1. The lowest BCUT2D eigenvalue weighted by Gasteiger charge is -2.24. The number of guanidine groups is 1. The number of halogens is 1. The topological polar surface area (TPSA) is 47.9 Å². The second-order valence-corrected chi connectivity index (χ2v) is 6.00. The number of nitrogens with one attached hydrogen (secondary N) is 1. The number of fused-ring (bicyclic) bond motifs is 1. The number of aliphatic imine (C=N–C) groups is 1. The number of hydrogen-bond donors (Lipinski definition) is 2. The number of phenols is 1. The van der Waals surface area contributed by atoms with Crippen molar-refractivity contribution in [2.75, 3.05) is 20.1 Å². The van der Waals surface area contributed by atoms with Crippen molar-refractivity contribution in [3.8, 4) is 5.75 Å². The first-order chi connectivity index (χ1) is 10.3. The lowest BCUT2D eigenvalue weighted by Crippen LogP contribution is -2.39. The molecule has 0 atom stereocenters. The smallest absolute Gasteiger partial charge is 0.193 e. The largest absolute Gasteiger partial charge is 0.508 e. The number of nitrogens with zero attached hydrogens (tertiary/aromatic N) is 2. The number of phenolic OH excluding ortho intramolecular Hbond substituents is 1. The molecule has 1 aliphatic heterocycles. The molecule has 4 nitrogen and oxygen atoms in total. The summed E-state index contributed by atoms with van der Waals surface area (Å²) >= 11 is 0. The molecule has 2 aliphatic rings. The Morgan fingerprint density at radius 3 is 2.64 bits per heavy atom. The summed E-state index contributed by atoms with van der Waals surface area (Å²) in [6.45, 7) is 2.83. The van der Waals surface area contributed by atoms with Crippen LogP contribution in [0.3, 0.4) is 0 Å². The first-order valence-electron chi connectivity index (χ1n) is 8.08. The summed E-state index contributed by atoms with van der Waals surface area (Å²) in [6, 6.07) is 3.93. The van der Waals surface area contributed by atoms with E-state index in [9.17, 15) is 5.11 Å². The SMILES string of the molecule is CN=C(NCc1c(O)ccc2c1CCCC2)N1CCCC1.I. The maximum atomic E-state index is 10.2. The number of likely N-dealkylation sites (tertiary alicyclic amines) is 1. The Bertz CT molecular complexity index is 539. The number of aromatic hydroxyl groups is 1. The van der Waals surface area contributed by atoms with Crippen LogP contribution < -0.4 is 5.32 Å². The van der Waals surface area contributed by atoms with E-state index in [4.69, 9.17) is 0 Å². The molecule has 0 unspecified atom stereocenters. The molecule has 122 valence electrons. The summed E-state index contributed by atoms with van der Waals surface area (Å²) in [4.78, 5) is 6.67. The highest BCUT2D eigenvalue weighted by Gasteiger charge is 2.19. The normalized spacial score (nSPS) is 17.9. The molecule has 1 aromatic carbocycles. The molecule has 0 spiro atoms. The predicted octanol–water partition coefficient (Wildman–Crippen LogP) is 3.06. The monoisotopic (exact) mass is 415 g/mol. The van der Waals surface area contributed by atoms with Gasteiger partial charge >= 0.3 is 0 Å². The minimum atomic E-state index is 0. The van der Waals surface area contributed by atoms with E-state index in [0.717, 1.165) is 37.5 Å². The Morgan fingerprint density at radius 1 is 1.18 bits per heavy atom. The van der Waals surface area contributed by atoms with E-state index in [-0.39, 0.29) is 24.0 Å². The van der Waals surface area contributed by atoms with Gasteiger partial charge in [0.15, 0.2) is 5.96 Å². The Hall–Kier alpha value is -0.980. The van der Waals surface area contributed by atoms with Crippen molar-refractivity contribution in [2.45, 2.75) is 45.1 Å². The van der Waals surface area contributed by atoms with Crippen molar-refractivity contribution in [1.29, 1.82) is 0 Å². The van der Waals surface area contributed by atoms with E-state index < -0.39 is 0 Å². The summed E-state index contributed by atoms with van der Waals surface area (Å²) in [5.41, 5.74) is 3.82. The van der Waals surface area contributed by atoms with Gasteiger partial charge in [-0.05, 0) is 55.7 Å². The Labute approximate surface area is 150 Å². The fraction of sp³-hybridized carbons (Fsp3) is 0.588. The highest BCUT2D eigenvalue weighted by atomic mass is 127. The van der Waals surface area contributed by atoms with Crippen LogP contribution in [-0.4, -0.2) is 36.1 Å². The Balaban J connectivity index is 0.00000176. The third-order valence-corrected chi connectivity index (χ3v) is 4.67. The third-order valence-electron chi connectivity index (χ3n) is 4.67. The molecule has 22 heavy (non-hydrogen) atoms. The van der Waals surface area contributed by atoms with Crippen molar-refractivity contribution in [2.24, 2.45) is 4.99 Å². The lowest BCUT2D eigenvalue weighted by molar-refractivity contribution is 0.460. The molecule has 1 saturated heterocycles. The zero-order valence-electron chi connectivity index (χ0n) is 13.3. The van der Waals surface area contributed by atoms with E-state index in [1.165, 1.54) is 36.8 Å². The molecule has 2 N–H and O–H groups in total. The van der Waals surface area contributed by atoms with E-state index in [0.29, 0.717) is 12.3 Å². The molecule has 0 aromatic heterocycles. The summed E-state index contributed by atoms with van der Waals surface area (Å²) in [5.74, 6) is 1.38. The van der Waals surface area contributed by atoms with Crippen LogP contribution in [0.4, 0.5) is 0 Å². The van der Waals surface area contributed by atoms with E-state index in [1.807, 2.05) is 13.1 Å². The minimum absolute atomic E-state index is 0. The molecular weight excluding hydrogens is 389 g/mol. The summed E-state index contributed by atoms with van der Waals surface area (Å²) in [7, 11) is 1.83. The molecule has 0 amide bonds. The quantitative estimate of drug-likeness (QED) is 0.444. The van der Waals surface area contributed by atoms with Gasteiger partial charge in [-0.25, -0.2) is 0 Å². The highest BCUT2D eigenvalue weighted by molar-refractivity contribution is 14.0. The second kappa shape index (κ2) is 8.04. The van der Waals surface area contributed by atoms with Gasteiger partial charge in [-0.3, -0.25) is 4.99 Å². The van der Waals surface area contributed by atoms with Crippen LogP contribution >= 0.6 is 24.0 Å². The van der Waals surface area contributed by atoms with Crippen LogP contribution in [0.2, 0.25) is 0 Å². The van der Waals surface area contributed by atoms with Crippen LogP contribution in [0.15, 0.2) is 17.1 Å². The average Bonchev–Trinajstić information content (AvgIpc) is 3.04. The van der Waals surface area contributed by atoms with E-state index in [2.05, 4.69) is 21.3 Å². The van der Waals surface area contributed by atoms with Gasteiger partial charge in [0.2, 0.25) is 0 Å². The maximum Gasteiger partial charge on any atom is 0.193 e. The van der Waals surface area contributed by atoms with Crippen LogP contribution in [0.1, 0.15) is 42.4 Å². The molecular formula is C17H26IN3O. The molecule has 0 bridgehead atoms. The lowest BCUT2D eigenvalue weighted by atomic mass is 9.88. The van der Waals surface area contributed by atoms with Gasteiger partial charge in [0.05, 0.1) is 0 Å². The summed E-state index contributed by atoms with van der Waals surface area (Å²) < 4.78 is 0. The number of hydrogen-bond acceptors (Lipinski definition) is 2. The highest BCUT2D eigenvalue weighted by Crippen LogP contribution is 2.30. The predicted molar refractivity (Wildman–Crippen MR) is 101 cm³/mol. The number of benzene rings is 1. The van der Waals surface area contributed by atoms with Gasteiger partial charge in [-0.1, -0.05) is 6.07 Å². The zero-order chi connectivity index (χ0) is 14.7. The molecule has 1 fully saturated rings. The van der Waals surface area contributed by atoms with Crippen LogP contribution in [0.5, 0.6) is 5.75 Å². The standard InChI is InChI=1S/C17H25N3O.HI/c1-18-17(20-10-4-5-11-20)19-12-15-14-7-3-2-6-13(14)8-9-16(15)21;/h8-9,21H,2-7,10-12H2,1H3,(H,18,19);1H. The van der Waals surface area contributed by atoms with Crippen molar-refractivity contribution in [3.63, 3.8) is 0 Å². The zero-order valence-corrected chi connectivity index (χ0v) is 15.6. The fourth-order valence-corrected chi connectivity index (χ4v) is 3.52. The molecule has 1 heterocycles. The fourth-order valence-electron chi connectivity index (χ4n) is 3.52. The van der Waals surface area contributed by atoms with Crippen LogP contribution in [0, 0.1) is 0 Å².